The van der Waals surface area contributed by atoms with Gasteiger partial charge in [-0.1, -0.05) is 72.3 Å². The second kappa shape index (κ2) is 8.32. The highest BCUT2D eigenvalue weighted by Gasteiger charge is 2.41. The minimum atomic E-state index is -3.96. The Morgan fingerprint density at radius 3 is 2.00 bits per heavy atom. The van der Waals surface area contributed by atoms with Crippen LogP contribution in [0.2, 0.25) is 0 Å². The standard InChI is InChI=1S/C21H21ClN2O3S/c1-27-18-12-14-19(15-13-18)28(25,26)24-21(22,17-10-6-3-7-11-17)20(23)16-8-4-2-5-9-16/h2-15,20,24H,23H2,1H3/t20-,21-/m1/s1. The molecule has 2 atom stereocenters. The number of alkyl halides is 1. The van der Waals surface area contributed by atoms with Gasteiger partial charge in [0.05, 0.1) is 18.0 Å². The third-order valence-corrected chi connectivity index (χ3v) is 6.58. The van der Waals surface area contributed by atoms with E-state index in [-0.39, 0.29) is 4.90 Å². The van der Waals surface area contributed by atoms with E-state index in [1.165, 1.54) is 19.2 Å². The van der Waals surface area contributed by atoms with Crippen molar-refractivity contribution in [2.45, 2.75) is 15.9 Å². The molecule has 0 aliphatic carbocycles. The van der Waals surface area contributed by atoms with Crippen molar-refractivity contribution in [3.05, 3.63) is 96.1 Å². The van der Waals surface area contributed by atoms with Crippen molar-refractivity contribution in [2.24, 2.45) is 5.73 Å². The van der Waals surface area contributed by atoms with E-state index in [1.807, 2.05) is 36.4 Å². The van der Waals surface area contributed by atoms with Crippen molar-refractivity contribution >= 4 is 21.6 Å². The minimum Gasteiger partial charge on any atom is -0.497 e. The number of halogens is 1. The molecular weight excluding hydrogens is 396 g/mol. The molecule has 3 aromatic rings. The molecule has 7 heteroatoms. The zero-order valence-electron chi connectivity index (χ0n) is 15.2. The number of hydrogen-bond donors (Lipinski definition) is 2. The summed E-state index contributed by atoms with van der Waals surface area (Å²) in [6, 6.07) is 23.2. The summed E-state index contributed by atoms with van der Waals surface area (Å²) in [4.78, 5) is -1.52. The lowest BCUT2D eigenvalue weighted by atomic mass is 9.94. The second-order valence-corrected chi connectivity index (χ2v) is 8.53. The zero-order valence-corrected chi connectivity index (χ0v) is 16.8. The van der Waals surface area contributed by atoms with Crippen LogP contribution in [0.5, 0.6) is 5.75 Å². The molecule has 0 saturated carbocycles. The molecule has 3 N–H and O–H groups in total. The molecule has 0 aromatic heterocycles. The molecule has 0 bridgehead atoms. The molecule has 28 heavy (non-hydrogen) atoms. The SMILES string of the molecule is COc1ccc(S(=O)(=O)N[C@](Cl)(c2ccccc2)[C@H](N)c2ccccc2)cc1. The largest absolute Gasteiger partial charge is 0.497 e. The normalized spacial score (nSPS) is 14.8. The van der Waals surface area contributed by atoms with Crippen LogP contribution in [0.4, 0.5) is 0 Å². The Hall–Kier alpha value is -2.38. The summed E-state index contributed by atoms with van der Waals surface area (Å²) in [5, 5.41) is 0. The van der Waals surface area contributed by atoms with E-state index in [9.17, 15) is 8.42 Å². The molecule has 0 fully saturated rings. The molecule has 146 valence electrons. The summed E-state index contributed by atoms with van der Waals surface area (Å²) in [5.41, 5.74) is 7.71. The summed E-state index contributed by atoms with van der Waals surface area (Å²) < 4.78 is 33.8. The molecule has 0 saturated heterocycles. The molecule has 0 unspecified atom stereocenters. The Morgan fingerprint density at radius 2 is 1.46 bits per heavy atom. The first-order valence-corrected chi connectivity index (χ1v) is 10.5. The van der Waals surface area contributed by atoms with Gasteiger partial charge in [0.15, 0.2) is 5.00 Å². The van der Waals surface area contributed by atoms with Crippen LogP contribution in [0.15, 0.2) is 89.8 Å². The van der Waals surface area contributed by atoms with Crippen molar-refractivity contribution in [1.29, 1.82) is 0 Å². The highest BCUT2D eigenvalue weighted by molar-refractivity contribution is 7.89. The lowest BCUT2D eigenvalue weighted by molar-refractivity contribution is 0.414. The Balaban J connectivity index is 2.04. The maximum Gasteiger partial charge on any atom is 0.242 e. The minimum absolute atomic E-state index is 0.0644. The molecule has 5 nitrogen and oxygen atoms in total. The van der Waals surface area contributed by atoms with Gasteiger partial charge in [0.1, 0.15) is 5.75 Å². The smallest absolute Gasteiger partial charge is 0.242 e. The molecule has 3 aromatic carbocycles. The van der Waals surface area contributed by atoms with E-state index in [0.717, 1.165) is 0 Å². The van der Waals surface area contributed by atoms with Crippen LogP contribution in [0.25, 0.3) is 0 Å². The van der Waals surface area contributed by atoms with Crippen LogP contribution in [0.3, 0.4) is 0 Å². The van der Waals surface area contributed by atoms with Gasteiger partial charge < -0.3 is 10.5 Å². The predicted octanol–water partition coefficient (Wildman–Crippen LogP) is 3.77. The molecule has 0 amide bonds. The topological polar surface area (TPSA) is 81.4 Å². The van der Waals surface area contributed by atoms with Gasteiger partial charge in [0.2, 0.25) is 10.0 Å². The van der Waals surface area contributed by atoms with Gasteiger partial charge in [0, 0.05) is 0 Å². The first-order valence-electron chi connectivity index (χ1n) is 8.60. The Kier molecular flexibility index (Phi) is 6.05. The van der Waals surface area contributed by atoms with Crippen LogP contribution < -0.4 is 15.2 Å². The zero-order chi connectivity index (χ0) is 20.2. The second-order valence-electron chi connectivity index (χ2n) is 6.25. The van der Waals surface area contributed by atoms with Crippen LogP contribution in [0, 0.1) is 0 Å². The van der Waals surface area contributed by atoms with Crippen molar-refractivity contribution in [3.8, 4) is 5.75 Å². The Labute approximate surface area is 170 Å². The number of sulfonamides is 1. The molecule has 0 radical (unpaired) electrons. The van der Waals surface area contributed by atoms with Gasteiger partial charge in [-0.3, -0.25) is 0 Å². The summed E-state index contributed by atoms with van der Waals surface area (Å²) in [5.74, 6) is 0.556. The van der Waals surface area contributed by atoms with Gasteiger partial charge >= 0.3 is 0 Å². The highest BCUT2D eigenvalue weighted by Crippen LogP contribution is 2.39. The summed E-state index contributed by atoms with van der Waals surface area (Å²) >= 11 is 6.90. The number of nitrogens with two attached hydrogens (primary N) is 1. The fourth-order valence-electron chi connectivity index (χ4n) is 2.88. The number of rotatable bonds is 7. The van der Waals surface area contributed by atoms with E-state index in [4.69, 9.17) is 22.1 Å². The van der Waals surface area contributed by atoms with E-state index in [1.54, 1.807) is 36.4 Å². The van der Waals surface area contributed by atoms with Crippen LogP contribution >= 0.6 is 11.6 Å². The number of hydrogen-bond acceptors (Lipinski definition) is 4. The quantitative estimate of drug-likeness (QED) is 0.453. The van der Waals surface area contributed by atoms with E-state index >= 15 is 0 Å². The summed E-state index contributed by atoms with van der Waals surface area (Å²) in [6.07, 6.45) is 0. The third-order valence-electron chi connectivity index (χ3n) is 4.43. The van der Waals surface area contributed by atoms with E-state index < -0.39 is 21.1 Å². The van der Waals surface area contributed by atoms with Gasteiger partial charge in [0.25, 0.3) is 0 Å². The summed E-state index contributed by atoms with van der Waals surface area (Å²) in [7, 11) is -2.45. The predicted molar refractivity (Wildman–Crippen MR) is 111 cm³/mol. The fraction of sp³-hybridized carbons (Fsp3) is 0.143. The van der Waals surface area contributed by atoms with Crippen LogP contribution in [0.1, 0.15) is 17.2 Å². The Morgan fingerprint density at radius 1 is 0.929 bits per heavy atom. The summed E-state index contributed by atoms with van der Waals surface area (Å²) in [6.45, 7) is 0. The maximum absolute atomic E-state index is 13.1. The third kappa shape index (κ3) is 4.20. The number of ether oxygens (including phenoxy) is 1. The fourth-order valence-corrected chi connectivity index (χ4v) is 4.69. The number of benzene rings is 3. The molecule has 3 rings (SSSR count). The van der Waals surface area contributed by atoms with Gasteiger partial charge in [-0.15, -0.1) is 0 Å². The van der Waals surface area contributed by atoms with Crippen molar-refractivity contribution in [2.75, 3.05) is 7.11 Å². The average Bonchev–Trinajstić information content (AvgIpc) is 2.74. The van der Waals surface area contributed by atoms with Gasteiger partial charge in [-0.25, -0.2) is 8.42 Å². The van der Waals surface area contributed by atoms with Crippen molar-refractivity contribution in [1.82, 2.24) is 4.72 Å². The molecule has 0 aliphatic heterocycles. The van der Waals surface area contributed by atoms with Gasteiger partial charge in [-0.05, 0) is 35.4 Å². The molecular formula is C21H21ClN2O3S. The lowest BCUT2D eigenvalue weighted by Gasteiger charge is -2.34. The number of nitrogens with one attached hydrogen (secondary N) is 1. The van der Waals surface area contributed by atoms with Crippen LogP contribution in [-0.4, -0.2) is 15.5 Å². The molecule has 0 spiro atoms. The van der Waals surface area contributed by atoms with E-state index in [2.05, 4.69) is 4.72 Å². The van der Waals surface area contributed by atoms with Crippen LogP contribution in [-0.2, 0) is 15.0 Å². The van der Waals surface area contributed by atoms with Gasteiger partial charge in [-0.2, -0.15) is 4.72 Å². The molecule has 0 aliphatic rings. The lowest BCUT2D eigenvalue weighted by Crippen LogP contribution is -2.48. The first-order chi connectivity index (χ1) is 13.4. The van der Waals surface area contributed by atoms with E-state index in [0.29, 0.717) is 16.9 Å². The van der Waals surface area contributed by atoms with Crippen molar-refractivity contribution in [3.63, 3.8) is 0 Å². The number of methoxy groups -OCH3 is 1. The maximum atomic E-state index is 13.1. The Bertz CT molecular complexity index is 1010. The average molecular weight is 417 g/mol. The molecule has 0 heterocycles. The van der Waals surface area contributed by atoms with Crippen molar-refractivity contribution < 1.29 is 13.2 Å². The monoisotopic (exact) mass is 416 g/mol. The highest BCUT2D eigenvalue weighted by atomic mass is 35.5. The first kappa shape index (κ1) is 20.4.